The minimum Gasteiger partial charge on any atom is -0.378 e. The fourth-order valence-corrected chi connectivity index (χ4v) is 4.60. The smallest absolute Gasteiger partial charge is 0.251 e. The standard InChI is InChI=1S/C26H28N4O2S/c31-25(27-17-19-9-10-19)22-8-4-5-20(15-22)18-33-26-28-23(21-6-2-1-3-7-21)16-24(29-26)30-11-13-32-14-12-30/h1-8,15-16,19H,9-14,17-18H2,(H,27,31). The minimum absolute atomic E-state index is 0.00526. The average Bonchev–Trinajstić information content (AvgIpc) is 3.72. The van der Waals surface area contributed by atoms with Crippen LogP contribution in [0.3, 0.4) is 0 Å². The Labute approximate surface area is 198 Å². The van der Waals surface area contributed by atoms with Crippen LogP contribution in [-0.4, -0.2) is 48.7 Å². The van der Waals surface area contributed by atoms with E-state index >= 15 is 0 Å². The summed E-state index contributed by atoms with van der Waals surface area (Å²) in [5.74, 6) is 2.31. The molecule has 1 aliphatic carbocycles. The van der Waals surface area contributed by atoms with E-state index < -0.39 is 0 Å². The highest BCUT2D eigenvalue weighted by Crippen LogP contribution is 2.29. The summed E-state index contributed by atoms with van der Waals surface area (Å²) >= 11 is 1.60. The largest absolute Gasteiger partial charge is 0.378 e. The van der Waals surface area contributed by atoms with E-state index in [1.54, 1.807) is 11.8 Å². The van der Waals surface area contributed by atoms with Gasteiger partial charge in [0.15, 0.2) is 5.16 Å². The van der Waals surface area contributed by atoms with Crippen molar-refractivity contribution in [1.29, 1.82) is 0 Å². The predicted octanol–water partition coefficient (Wildman–Crippen LogP) is 4.41. The lowest BCUT2D eigenvalue weighted by Gasteiger charge is -2.28. The van der Waals surface area contributed by atoms with E-state index in [0.29, 0.717) is 30.4 Å². The van der Waals surface area contributed by atoms with Crippen molar-refractivity contribution < 1.29 is 9.53 Å². The van der Waals surface area contributed by atoms with Gasteiger partial charge in [0.1, 0.15) is 5.82 Å². The molecule has 6 nitrogen and oxygen atoms in total. The average molecular weight is 461 g/mol. The topological polar surface area (TPSA) is 67.4 Å². The van der Waals surface area contributed by atoms with Crippen LogP contribution in [0.2, 0.25) is 0 Å². The number of hydrogen-bond acceptors (Lipinski definition) is 6. The Kier molecular flexibility index (Phi) is 6.88. The number of thioether (sulfide) groups is 1. The van der Waals surface area contributed by atoms with Gasteiger partial charge in [0, 0.05) is 42.6 Å². The van der Waals surface area contributed by atoms with Crippen molar-refractivity contribution in [2.45, 2.75) is 23.8 Å². The maximum Gasteiger partial charge on any atom is 0.251 e. The molecule has 0 unspecified atom stereocenters. The van der Waals surface area contributed by atoms with Crippen molar-refractivity contribution >= 4 is 23.5 Å². The maximum absolute atomic E-state index is 12.5. The first-order valence-corrected chi connectivity index (χ1v) is 12.5. The molecule has 1 saturated carbocycles. The fourth-order valence-electron chi connectivity index (χ4n) is 3.80. The number of benzene rings is 2. The molecule has 0 radical (unpaired) electrons. The predicted molar refractivity (Wildman–Crippen MR) is 132 cm³/mol. The second kappa shape index (κ2) is 10.4. The molecular formula is C26H28N4O2S. The summed E-state index contributed by atoms with van der Waals surface area (Å²) in [5, 5.41) is 3.78. The molecule has 2 aliphatic rings. The molecule has 2 fully saturated rings. The number of anilines is 1. The van der Waals surface area contributed by atoms with E-state index in [1.807, 2.05) is 36.4 Å². The van der Waals surface area contributed by atoms with E-state index in [1.165, 1.54) is 12.8 Å². The molecule has 3 aromatic rings. The SMILES string of the molecule is O=C(NCC1CC1)c1cccc(CSc2nc(-c3ccccc3)cc(N3CCOCC3)n2)c1. The summed E-state index contributed by atoms with van der Waals surface area (Å²) < 4.78 is 5.51. The van der Waals surface area contributed by atoms with E-state index in [9.17, 15) is 4.79 Å². The normalized spacial score (nSPS) is 15.9. The van der Waals surface area contributed by atoms with Crippen LogP contribution in [0.1, 0.15) is 28.8 Å². The van der Waals surface area contributed by atoms with Crippen molar-refractivity contribution in [3.8, 4) is 11.3 Å². The number of rotatable bonds is 8. The van der Waals surface area contributed by atoms with Crippen LogP contribution < -0.4 is 10.2 Å². The van der Waals surface area contributed by atoms with Crippen LogP contribution in [-0.2, 0) is 10.5 Å². The highest BCUT2D eigenvalue weighted by molar-refractivity contribution is 7.98. The van der Waals surface area contributed by atoms with Gasteiger partial charge >= 0.3 is 0 Å². The Morgan fingerprint density at radius 3 is 2.64 bits per heavy atom. The Bertz CT molecular complexity index is 1100. The van der Waals surface area contributed by atoms with Crippen LogP contribution in [0.25, 0.3) is 11.3 Å². The van der Waals surface area contributed by atoms with Crippen LogP contribution in [0, 0.1) is 5.92 Å². The third-order valence-corrected chi connectivity index (χ3v) is 6.82. The molecule has 1 aliphatic heterocycles. The van der Waals surface area contributed by atoms with Gasteiger partial charge in [-0.25, -0.2) is 9.97 Å². The van der Waals surface area contributed by atoms with Gasteiger partial charge in [0.2, 0.25) is 0 Å². The number of nitrogens with zero attached hydrogens (tertiary/aromatic N) is 3. The van der Waals surface area contributed by atoms with E-state index in [-0.39, 0.29) is 5.91 Å². The molecule has 1 N–H and O–H groups in total. The lowest BCUT2D eigenvalue weighted by molar-refractivity contribution is 0.0951. The van der Waals surface area contributed by atoms with E-state index in [0.717, 1.165) is 47.4 Å². The number of morpholine rings is 1. The Morgan fingerprint density at radius 1 is 1.03 bits per heavy atom. The van der Waals surface area contributed by atoms with Crippen LogP contribution in [0.15, 0.2) is 65.8 Å². The zero-order chi connectivity index (χ0) is 22.5. The summed E-state index contributed by atoms with van der Waals surface area (Å²) in [7, 11) is 0. The van der Waals surface area contributed by atoms with Gasteiger partial charge in [-0.15, -0.1) is 0 Å². The lowest BCUT2D eigenvalue weighted by atomic mass is 10.1. The molecule has 0 atom stereocenters. The van der Waals surface area contributed by atoms with Crippen molar-refractivity contribution in [3.63, 3.8) is 0 Å². The molecule has 170 valence electrons. The third kappa shape index (κ3) is 5.92. The minimum atomic E-state index is 0.00526. The molecule has 2 heterocycles. The quantitative estimate of drug-likeness (QED) is 0.397. The molecular weight excluding hydrogens is 432 g/mol. The van der Waals surface area contributed by atoms with Crippen molar-refractivity contribution in [3.05, 3.63) is 71.8 Å². The number of amides is 1. The molecule has 33 heavy (non-hydrogen) atoms. The number of carbonyl (C=O) groups is 1. The summed E-state index contributed by atoms with van der Waals surface area (Å²) in [6.45, 7) is 3.86. The zero-order valence-corrected chi connectivity index (χ0v) is 19.4. The van der Waals surface area contributed by atoms with E-state index in [2.05, 4.69) is 34.5 Å². The molecule has 0 bridgehead atoms. The van der Waals surface area contributed by atoms with Gasteiger partial charge in [-0.05, 0) is 36.5 Å². The van der Waals surface area contributed by atoms with Crippen LogP contribution in [0.4, 0.5) is 5.82 Å². The second-order valence-electron chi connectivity index (χ2n) is 8.50. The molecule has 1 aromatic heterocycles. The van der Waals surface area contributed by atoms with Gasteiger partial charge in [-0.1, -0.05) is 54.2 Å². The summed E-state index contributed by atoms with van der Waals surface area (Å²) in [6, 6.07) is 20.1. The monoisotopic (exact) mass is 460 g/mol. The number of ether oxygens (including phenoxy) is 1. The Balaban J connectivity index is 1.33. The van der Waals surface area contributed by atoms with E-state index in [4.69, 9.17) is 14.7 Å². The molecule has 0 spiro atoms. The molecule has 1 saturated heterocycles. The first kappa shape index (κ1) is 21.9. The van der Waals surface area contributed by atoms with Crippen LogP contribution >= 0.6 is 11.8 Å². The van der Waals surface area contributed by atoms with Gasteiger partial charge in [0.05, 0.1) is 18.9 Å². The molecule has 5 rings (SSSR count). The van der Waals surface area contributed by atoms with Gasteiger partial charge in [0.25, 0.3) is 5.91 Å². The number of carbonyl (C=O) groups excluding carboxylic acids is 1. The highest BCUT2D eigenvalue weighted by Gasteiger charge is 2.22. The molecule has 7 heteroatoms. The second-order valence-corrected chi connectivity index (χ2v) is 9.44. The number of nitrogens with one attached hydrogen (secondary N) is 1. The van der Waals surface area contributed by atoms with Crippen LogP contribution in [0.5, 0.6) is 0 Å². The van der Waals surface area contributed by atoms with Crippen molar-refractivity contribution in [2.24, 2.45) is 5.92 Å². The van der Waals surface area contributed by atoms with Gasteiger partial charge < -0.3 is 15.0 Å². The molecule has 1 amide bonds. The highest BCUT2D eigenvalue weighted by atomic mass is 32.2. The summed E-state index contributed by atoms with van der Waals surface area (Å²) in [6.07, 6.45) is 2.46. The van der Waals surface area contributed by atoms with Crippen molar-refractivity contribution in [1.82, 2.24) is 15.3 Å². The Morgan fingerprint density at radius 2 is 1.85 bits per heavy atom. The maximum atomic E-state index is 12.5. The first-order valence-electron chi connectivity index (χ1n) is 11.5. The number of aromatic nitrogens is 2. The summed E-state index contributed by atoms with van der Waals surface area (Å²) in [4.78, 5) is 24.4. The fraction of sp³-hybridized carbons (Fsp3) is 0.346. The van der Waals surface area contributed by atoms with Gasteiger partial charge in [-0.2, -0.15) is 0 Å². The van der Waals surface area contributed by atoms with Gasteiger partial charge in [-0.3, -0.25) is 4.79 Å². The first-order chi connectivity index (χ1) is 16.2. The summed E-state index contributed by atoms with van der Waals surface area (Å²) in [5.41, 5.74) is 3.79. The Hall–Kier alpha value is -2.90. The van der Waals surface area contributed by atoms with Crippen molar-refractivity contribution in [2.75, 3.05) is 37.7 Å². The number of hydrogen-bond donors (Lipinski definition) is 1. The third-order valence-electron chi connectivity index (χ3n) is 5.90. The zero-order valence-electron chi connectivity index (χ0n) is 18.6. The molecule has 2 aromatic carbocycles. The lowest BCUT2D eigenvalue weighted by Crippen LogP contribution is -2.36.